The van der Waals surface area contributed by atoms with Gasteiger partial charge in [-0.2, -0.15) is 5.10 Å². The van der Waals surface area contributed by atoms with Crippen molar-refractivity contribution in [3.63, 3.8) is 0 Å². The molecule has 2 N–H and O–H groups in total. The average molecular weight is 309 g/mol. The summed E-state index contributed by atoms with van der Waals surface area (Å²) in [6.45, 7) is 2.96. The Bertz CT molecular complexity index is 590. The fourth-order valence-corrected chi connectivity index (χ4v) is 2.43. The highest BCUT2D eigenvalue weighted by Gasteiger charge is 2.17. The number of carbonyl (C=O) groups is 2. The summed E-state index contributed by atoms with van der Waals surface area (Å²) in [7, 11) is 0. The van der Waals surface area contributed by atoms with E-state index in [9.17, 15) is 14.4 Å². The first-order chi connectivity index (χ1) is 10.6. The van der Waals surface area contributed by atoms with Crippen molar-refractivity contribution in [2.75, 3.05) is 13.1 Å². The first-order valence-electron chi connectivity index (χ1n) is 7.81. The summed E-state index contributed by atoms with van der Waals surface area (Å²) in [6.07, 6.45) is 4.68. The monoisotopic (exact) mass is 309 g/mol. The molecule has 2 rings (SSSR count). The molecule has 1 aromatic heterocycles. The Labute approximate surface area is 128 Å². The Morgan fingerprint density at radius 3 is 2.77 bits per heavy atom. The summed E-state index contributed by atoms with van der Waals surface area (Å²) in [5.74, 6) is 0.126. The maximum Gasteiger partial charge on any atom is 0.346 e. The van der Waals surface area contributed by atoms with E-state index in [1.165, 1.54) is 4.68 Å². The number of hydrogen-bond donors (Lipinski definition) is 2. The molecule has 0 aliphatic carbocycles. The minimum Gasteiger partial charge on any atom is -0.355 e. The minimum atomic E-state index is -0.387. The van der Waals surface area contributed by atoms with Crippen LogP contribution in [-0.2, 0) is 29.1 Å². The van der Waals surface area contributed by atoms with Crippen LogP contribution in [0.2, 0.25) is 0 Å². The van der Waals surface area contributed by atoms with E-state index in [0.29, 0.717) is 13.1 Å². The van der Waals surface area contributed by atoms with Crippen molar-refractivity contribution >= 4 is 11.8 Å². The van der Waals surface area contributed by atoms with Gasteiger partial charge in [-0.25, -0.2) is 9.48 Å². The molecule has 1 aliphatic heterocycles. The number of aryl methyl sites for hydroxylation is 1. The van der Waals surface area contributed by atoms with Gasteiger partial charge in [0, 0.05) is 19.5 Å². The fraction of sp³-hybridized carbons (Fsp3) is 0.714. The van der Waals surface area contributed by atoms with Crippen LogP contribution in [0, 0.1) is 0 Å². The van der Waals surface area contributed by atoms with Gasteiger partial charge in [-0.1, -0.05) is 13.3 Å². The minimum absolute atomic E-state index is 0.0822. The highest BCUT2D eigenvalue weighted by molar-refractivity contribution is 5.84. The Kier molecular flexibility index (Phi) is 5.74. The Hall–Kier alpha value is -2.12. The molecule has 8 heteroatoms. The first kappa shape index (κ1) is 16.3. The predicted octanol–water partition coefficient (Wildman–Crippen LogP) is -0.586. The normalized spacial score (nSPS) is 14.0. The quantitative estimate of drug-likeness (QED) is 0.734. The second-order valence-electron chi connectivity index (χ2n) is 5.45. The van der Waals surface area contributed by atoms with E-state index in [1.54, 1.807) is 4.57 Å². The molecule has 0 saturated carbocycles. The van der Waals surface area contributed by atoms with E-state index in [1.807, 2.05) is 6.92 Å². The Morgan fingerprint density at radius 2 is 2.00 bits per heavy atom. The Balaban J connectivity index is 1.89. The van der Waals surface area contributed by atoms with Gasteiger partial charge in [0.1, 0.15) is 12.4 Å². The van der Waals surface area contributed by atoms with Crippen LogP contribution in [0.4, 0.5) is 0 Å². The molecule has 2 heterocycles. The number of aromatic nitrogens is 3. The van der Waals surface area contributed by atoms with Gasteiger partial charge in [-0.05, 0) is 19.3 Å². The number of fused-ring (bicyclic) bond motifs is 1. The predicted molar refractivity (Wildman–Crippen MR) is 80.4 cm³/mol. The number of hydrogen-bond acceptors (Lipinski definition) is 4. The van der Waals surface area contributed by atoms with Gasteiger partial charge in [0.05, 0.1) is 6.54 Å². The number of nitrogens with zero attached hydrogens (tertiary/aromatic N) is 3. The SMILES string of the molecule is CCCNC(=O)CNC(=O)Cn1nc2n(c1=O)CCCCC2. The van der Waals surface area contributed by atoms with Gasteiger partial charge in [-0.15, -0.1) is 0 Å². The molecule has 122 valence electrons. The van der Waals surface area contributed by atoms with E-state index in [-0.39, 0.29) is 30.6 Å². The standard InChI is InChI=1S/C14H23N5O3/c1-2-7-15-12(20)9-16-13(21)10-19-14(22)18-8-5-3-4-6-11(18)17-19/h2-10H2,1H3,(H,15,20)(H,16,21). The molecule has 2 amide bonds. The van der Waals surface area contributed by atoms with E-state index in [4.69, 9.17) is 0 Å². The molecule has 22 heavy (non-hydrogen) atoms. The summed E-state index contributed by atoms with van der Waals surface area (Å²) in [5, 5.41) is 9.40. The van der Waals surface area contributed by atoms with Gasteiger partial charge >= 0.3 is 5.69 Å². The van der Waals surface area contributed by atoms with Crippen LogP contribution in [0.5, 0.6) is 0 Å². The number of carbonyl (C=O) groups excluding carboxylic acids is 2. The Morgan fingerprint density at radius 1 is 1.18 bits per heavy atom. The lowest BCUT2D eigenvalue weighted by Gasteiger charge is -2.05. The molecule has 0 aromatic carbocycles. The van der Waals surface area contributed by atoms with E-state index in [0.717, 1.165) is 37.9 Å². The lowest BCUT2D eigenvalue weighted by atomic mass is 10.2. The van der Waals surface area contributed by atoms with E-state index in [2.05, 4.69) is 15.7 Å². The molecular weight excluding hydrogens is 286 g/mol. The molecule has 1 aromatic rings. The maximum atomic E-state index is 12.2. The van der Waals surface area contributed by atoms with Gasteiger partial charge in [-0.3, -0.25) is 14.2 Å². The number of amides is 2. The lowest BCUT2D eigenvalue weighted by molar-refractivity contribution is -0.126. The van der Waals surface area contributed by atoms with Crippen molar-refractivity contribution in [2.24, 2.45) is 0 Å². The van der Waals surface area contributed by atoms with Crippen LogP contribution >= 0.6 is 0 Å². The topological polar surface area (TPSA) is 98.0 Å². The van der Waals surface area contributed by atoms with Crippen LogP contribution in [0.3, 0.4) is 0 Å². The molecule has 0 bridgehead atoms. The molecule has 1 aliphatic rings. The summed E-state index contributed by atoms with van der Waals surface area (Å²) in [4.78, 5) is 35.4. The molecule has 0 atom stereocenters. The molecule has 0 saturated heterocycles. The van der Waals surface area contributed by atoms with Gasteiger partial charge in [0.2, 0.25) is 11.8 Å². The summed E-state index contributed by atoms with van der Waals surface area (Å²) >= 11 is 0. The van der Waals surface area contributed by atoms with Gasteiger partial charge in [0.25, 0.3) is 0 Å². The average Bonchev–Trinajstić information content (AvgIpc) is 2.69. The van der Waals surface area contributed by atoms with Crippen molar-refractivity contribution in [2.45, 2.75) is 52.1 Å². The lowest BCUT2D eigenvalue weighted by Crippen LogP contribution is -2.40. The number of nitrogens with one attached hydrogen (secondary N) is 2. The van der Waals surface area contributed by atoms with Crippen LogP contribution in [0.1, 0.15) is 38.4 Å². The largest absolute Gasteiger partial charge is 0.355 e. The summed E-state index contributed by atoms with van der Waals surface area (Å²) in [5.41, 5.74) is -0.248. The fourth-order valence-electron chi connectivity index (χ4n) is 2.43. The van der Waals surface area contributed by atoms with Crippen LogP contribution in [-0.4, -0.2) is 39.3 Å². The van der Waals surface area contributed by atoms with E-state index >= 15 is 0 Å². The second kappa shape index (κ2) is 7.77. The third-order valence-electron chi connectivity index (χ3n) is 3.59. The van der Waals surface area contributed by atoms with Crippen molar-refractivity contribution in [3.8, 4) is 0 Å². The van der Waals surface area contributed by atoms with Crippen LogP contribution in [0.25, 0.3) is 0 Å². The van der Waals surface area contributed by atoms with Gasteiger partial charge < -0.3 is 10.6 Å². The maximum absolute atomic E-state index is 12.2. The molecule has 0 fully saturated rings. The van der Waals surface area contributed by atoms with Crippen molar-refractivity contribution in [1.82, 2.24) is 25.0 Å². The molecule has 8 nitrogen and oxygen atoms in total. The summed E-state index contributed by atoms with van der Waals surface area (Å²) in [6, 6.07) is 0. The molecular formula is C14H23N5O3. The molecule has 0 spiro atoms. The van der Waals surface area contributed by atoms with Crippen molar-refractivity contribution < 1.29 is 9.59 Å². The van der Waals surface area contributed by atoms with Crippen molar-refractivity contribution in [1.29, 1.82) is 0 Å². The van der Waals surface area contributed by atoms with Crippen LogP contribution in [0.15, 0.2) is 4.79 Å². The zero-order valence-corrected chi connectivity index (χ0v) is 12.9. The summed E-state index contributed by atoms with van der Waals surface area (Å²) < 4.78 is 2.83. The first-order valence-corrected chi connectivity index (χ1v) is 7.81. The zero-order chi connectivity index (χ0) is 15.9. The van der Waals surface area contributed by atoms with E-state index < -0.39 is 0 Å². The zero-order valence-electron chi connectivity index (χ0n) is 12.9. The van der Waals surface area contributed by atoms with Gasteiger partial charge in [0.15, 0.2) is 0 Å². The van der Waals surface area contributed by atoms with Crippen LogP contribution < -0.4 is 16.3 Å². The number of rotatable bonds is 6. The second-order valence-corrected chi connectivity index (χ2v) is 5.45. The highest BCUT2D eigenvalue weighted by Crippen LogP contribution is 2.09. The third-order valence-corrected chi connectivity index (χ3v) is 3.59. The smallest absolute Gasteiger partial charge is 0.346 e. The third kappa shape index (κ3) is 4.19. The van der Waals surface area contributed by atoms with Crippen molar-refractivity contribution in [3.05, 3.63) is 16.3 Å². The highest BCUT2D eigenvalue weighted by atomic mass is 16.2. The molecule has 0 unspecified atom stereocenters. The molecule has 0 radical (unpaired) electrons.